The van der Waals surface area contributed by atoms with E-state index in [2.05, 4.69) is 5.16 Å². The maximum atomic E-state index is 12.6. The number of hydrogen-bond donors (Lipinski definition) is 0. The van der Waals surface area contributed by atoms with Gasteiger partial charge in [0.15, 0.2) is 5.58 Å². The van der Waals surface area contributed by atoms with Crippen LogP contribution in [0, 0.1) is 0 Å². The van der Waals surface area contributed by atoms with Crippen LogP contribution in [-0.2, 0) is 20.7 Å². The second-order valence-corrected chi connectivity index (χ2v) is 5.55. The zero-order valence-corrected chi connectivity index (χ0v) is 12.8. The number of fused-ring (bicyclic) bond motifs is 1. The maximum absolute atomic E-state index is 12.6. The van der Waals surface area contributed by atoms with Crippen molar-refractivity contribution in [3.63, 3.8) is 0 Å². The summed E-state index contributed by atoms with van der Waals surface area (Å²) in [6.45, 7) is 1.12. The smallest absolute Gasteiger partial charge is 0.229 e. The number of carbonyl (C=O) groups is 1. The van der Waals surface area contributed by atoms with Crippen molar-refractivity contribution in [3.8, 4) is 0 Å². The first-order valence-electron chi connectivity index (χ1n) is 7.37. The fraction of sp³-hybridized carbons (Fsp3) is 0.500. The third-order valence-corrected chi connectivity index (χ3v) is 4.16. The van der Waals surface area contributed by atoms with Crippen LogP contribution in [-0.4, -0.2) is 55.5 Å². The van der Waals surface area contributed by atoms with E-state index in [0.717, 1.165) is 11.8 Å². The van der Waals surface area contributed by atoms with Gasteiger partial charge in [0.1, 0.15) is 5.69 Å². The van der Waals surface area contributed by atoms with Crippen molar-refractivity contribution in [3.05, 3.63) is 30.0 Å². The number of ether oxygens (including phenoxy) is 2. The molecule has 2 heterocycles. The van der Waals surface area contributed by atoms with Crippen LogP contribution >= 0.6 is 0 Å². The Morgan fingerprint density at radius 3 is 3.00 bits per heavy atom. The number of benzene rings is 1. The summed E-state index contributed by atoms with van der Waals surface area (Å²) in [5, 5.41) is 4.92. The molecule has 1 aliphatic rings. The molecule has 3 rings (SSSR count). The number of methoxy groups -OCH3 is 2. The van der Waals surface area contributed by atoms with Crippen LogP contribution in [0.5, 0.6) is 0 Å². The normalized spacial score (nSPS) is 21.6. The molecule has 2 atom stereocenters. The molecular weight excluding hydrogens is 284 g/mol. The van der Waals surface area contributed by atoms with Gasteiger partial charge in [-0.05, 0) is 18.6 Å². The molecule has 118 valence electrons. The lowest BCUT2D eigenvalue weighted by Gasteiger charge is -2.23. The number of para-hydroxylation sites is 1. The largest absolute Gasteiger partial charge is 0.383 e. The zero-order valence-electron chi connectivity index (χ0n) is 12.8. The van der Waals surface area contributed by atoms with Crippen LogP contribution < -0.4 is 0 Å². The van der Waals surface area contributed by atoms with E-state index in [0.29, 0.717) is 24.4 Å². The number of nitrogens with zero attached hydrogens (tertiary/aromatic N) is 2. The Morgan fingerprint density at radius 1 is 1.41 bits per heavy atom. The molecule has 1 saturated heterocycles. The minimum Gasteiger partial charge on any atom is -0.383 e. The molecule has 1 aromatic heterocycles. The summed E-state index contributed by atoms with van der Waals surface area (Å²) in [5.41, 5.74) is 1.38. The summed E-state index contributed by atoms with van der Waals surface area (Å²) < 4.78 is 15.9. The lowest BCUT2D eigenvalue weighted by atomic mass is 10.1. The van der Waals surface area contributed by atoms with Gasteiger partial charge in [-0.15, -0.1) is 0 Å². The van der Waals surface area contributed by atoms with Crippen LogP contribution in [0.25, 0.3) is 11.0 Å². The van der Waals surface area contributed by atoms with Crippen molar-refractivity contribution < 1.29 is 18.8 Å². The molecule has 22 heavy (non-hydrogen) atoms. The summed E-state index contributed by atoms with van der Waals surface area (Å²) >= 11 is 0. The predicted octanol–water partition coefficient (Wildman–Crippen LogP) is 1.63. The Labute approximate surface area is 129 Å². The summed E-state index contributed by atoms with van der Waals surface area (Å²) in [4.78, 5) is 14.5. The quantitative estimate of drug-likeness (QED) is 0.840. The van der Waals surface area contributed by atoms with Crippen LogP contribution in [0.4, 0.5) is 0 Å². The highest BCUT2D eigenvalue weighted by atomic mass is 16.5. The topological polar surface area (TPSA) is 64.8 Å². The molecule has 1 aliphatic heterocycles. The minimum atomic E-state index is 0.0284. The standard InChI is InChI=1S/C16H20N2O4/c1-20-10-11-7-12(21-2)9-18(11)16(19)8-14-13-5-3-4-6-15(13)22-17-14/h3-6,11-12H,7-10H2,1-2H3/t11-,12+/m0/s1. The van der Waals surface area contributed by atoms with Crippen molar-refractivity contribution in [2.24, 2.45) is 0 Å². The van der Waals surface area contributed by atoms with Gasteiger partial charge in [0.2, 0.25) is 5.91 Å². The molecule has 0 spiro atoms. The highest BCUT2D eigenvalue weighted by molar-refractivity contribution is 5.86. The molecule has 6 heteroatoms. The van der Waals surface area contributed by atoms with E-state index in [1.165, 1.54) is 0 Å². The molecule has 6 nitrogen and oxygen atoms in total. The molecule has 1 aromatic carbocycles. The van der Waals surface area contributed by atoms with E-state index in [4.69, 9.17) is 14.0 Å². The Balaban J connectivity index is 1.75. The van der Waals surface area contributed by atoms with Gasteiger partial charge in [0.05, 0.1) is 25.2 Å². The lowest BCUT2D eigenvalue weighted by molar-refractivity contribution is -0.132. The van der Waals surface area contributed by atoms with Crippen molar-refractivity contribution >= 4 is 16.9 Å². The first-order chi connectivity index (χ1) is 10.7. The second-order valence-electron chi connectivity index (χ2n) is 5.55. The molecule has 0 aliphatic carbocycles. The van der Waals surface area contributed by atoms with Crippen molar-refractivity contribution in [2.75, 3.05) is 27.4 Å². The monoisotopic (exact) mass is 304 g/mol. The summed E-state index contributed by atoms with van der Waals surface area (Å²) in [5.74, 6) is 0.0284. The SMILES string of the molecule is COC[C@@H]1C[C@@H](OC)CN1C(=O)Cc1noc2ccccc12. The predicted molar refractivity (Wildman–Crippen MR) is 80.5 cm³/mol. The Hall–Kier alpha value is -1.92. The van der Waals surface area contributed by atoms with Gasteiger partial charge in [0, 0.05) is 26.2 Å². The number of aromatic nitrogens is 1. The van der Waals surface area contributed by atoms with Gasteiger partial charge in [-0.3, -0.25) is 4.79 Å². The number of hydrogen-bond acceptors (Lipinski definition) is 5. The molecule has 1 amide bonds. The van der Waals surface area contributed by atoms with Crippen molar-refractivity contribution in [1.82, 2.24) is 10.1 Å². The third-order valence-electron chi connectivity index (χ3n) is 4.16. The Kier molecular flexibility index (Phi) is 4.40. The zero-order chi connectivity index (χ0) is 15.5. The third kappa shape index (κ3) is 2.84. The molecular formula is C16H20N2O4. The van der Waals surface area contributed by atoms with Crippen LogP contribution in [0.1, 0.15) is 12.1 Å². The van der Waals surface area contributed by atoms with E-state index < -0.39 is 0 Å². The molecule has 1 fully saturated rings. The van der Waals surface area contributed by atoms with Crippen molar-refractivity contribution in [2.45, 2.75) is 25.0 Å². The first kappa shape index (κ1) is 15.0. The Morgan fingerprint density at radius 2 is 2.23 bits per heavy atom. The van der Waals surface area contributed by atoms with E-state index in [9.17, 15) is 4.79 Å². The molecule has 0 bridgehead atoms. The second kappa shape index (κ2) is 6.46. The van der Waals surface area contributed by atoms with Gasteiger partial charge in [-0.25, -0.2) is 0 Å². The number of likely N-dealkylation sites (tertiary alicyclic amines) is 1. The van der Waals surface area contributed by atoms with Gasteiger partial charge < -0.3 is 18.9 Å². The summed E-state index contributed by atoms with van der Waals surface area (Å²) in [6.07, 6.45) is 1.10. The fourth-order valence-corrected chi connectivity index (χ4v) is 3.01. The molecule has 0 N–H and O–H groups in total. The number of rotatable bonds is 5. The fourth-order valence-electron chi connectivity index (χ4n) is 3.01. The first-order valence-corrected chi connectivity index (χ1v) is 7.37. The van der Waals surface area contributed by atoms with E-state index >= 15 is 0 Å². The van der Waals surface area contributed by atoms with Crippen LogP contribution in [0.15, 0.2) is 28.8 Å². The molecule has 0 radical (unpaired) electrons. The molecule has 0 unspecified atom stereocenters. The number of carbonyl (C=O) groups excluding carboxylic acids is 1. The average Bonchev–Trinajstić information content (AvgIpc) is 3.12. The van der Waals surface area contributed by atoms with E-state index in [1.807, 2.05) is 29.2 Å². The molecule has 2 aromatic rings. The highest BCUT2D eigenvalue weighted by Crippen LogP contribution is 2.23. The number of amides is 1. The van der Waals surface area contributed by atoms with Crippen molar-refractivity contribution in [1.29, 1.82) is 0 Å². The Bertz CT molecular complexity index is 654. The van der Waals surface area contributed by atoms with Gasteiger partial charge in [-0.1, -0.05) is 17.3 Å². The van der Waals surface area contributed by atoms with E-state index in [1.54, 1.807) is 14.2 Å². The van der Waals surface area contributed by atoms with Crippen LogP contribution in [0.2, 0.25) is 0 Å². The maximum Gasteiger partial charge on any atom is 0.229 e. The lowest BCUT2D eigenvalue weighted by Crippen LogP contribution is -2.39. The highest BCUT2D eigenvalue weighted by Gasteiger charge is 2.35. The van der Waals surface area contributed by atoms with Gasteiger partial charge >= 0.3 is 0 Å². The molecule has 0 saturated carbocycles. The average molecular weight is 304 g/mol. The van der Waals surface area contributed by atoms with Crippen LogP contribution in [0.3, 0.4) is 0 Å². The summed E-state index contributed by atoms with van der Waals surface area (Å²) in [7, 11) is 3.32. The van der Waals surface area contributed by atoms with Gasteiger partial charge in [-0.2, -0.15) is 0 Å². The van der Waals surface area contributed by atoms with E-state index in [-0.39, 0.29) is 24.5 Å². The minimum absolute atomic E-state index is 0.0284. The summed E-state index contributed by atoms with van der Waals surface area (Å²) in [6, 6.07) is 7.62. The van der Waals surface area contributed by atoms with Gasteiger partial charge in [0.25, 0.3) is 0 Å².